The van der Waals surface area contributed by atoms with Crippen molar-refractivity contribution in [2.24, 2.45) is 11.5 Å². The summed E-state index contributed by atoms with van der Waals surface area (Å²) in [6.45, 7) is 8.32. The van der Waals surface area contributed by atoms with E-state index in [0.717, 1.165) is 17.1 Å². The first-order valence-electron chi connectivity index (χ1n) is 9.99. The van der Waals surface area contributed by atoms with Crippen LogP contribution in [0, 0.1) is 12.0 Å². The van der Waals surface area contributed by atoms with Crippen molar-refractivity contribution in [3.05, 3.63) is 47.5 Å². The third-order valence-electron chi connectivity index (χ3n) is 5.26. The van der Waals surface area contributed by atoms with Crippen molar-refractivity contribution in [3.8, 4) is 12.0 Å². The Labute approximate surface area is 172 Å². The topological polar surface area (TPSA) is 103 Å². The molecule has 8 heteroatoms. The summed E-state index contributed by atoms with van der Waals surface area (Å²) in [5, 5.41) is 6.62. The van der Waals surface area contributed by atoms with Crippen LogP contribution in [0.5, 0.6) is 0 Å². The van der Waals surface area contributed by atoms with Gasteiger partial charge >= 0.3 is 6.03 Å². The second-order valence-corrected chi connectivity index (χ2v) is 7.61. The fraction of sp³-hybridized carbons (Fsp3) is 0.476. The van der Waals surface area contributed by atoms with E-state index >= 15 is 0 Å². The zero-order valence-electron chi connectivity index (χ0n) is 17.4. The van der Waals surface area contributed by atoms with E-state index in [2.05, 4.69) is 36.4 Å². The van der Waals surface area contributed by atoms with E-state index in [1.165, 1.54) is 0 Å². The van der Waals surface area contributed by atoms with Gasteiger partial charge in [-0.2, -0.15) is 0 Å². The Morgan fingerprint density at radius 2 is 2.10 bits per heavy atom. The van der Waals surface area contributed by atoms with E-state index in [1.54, 1.807) is 9.80 Å². The van der Waals surface area contributed by atoms with Gasteiger partial charge in [-0.25, -0.2) is 4.79 Å². The maximum atomic E-state index is 12.8. The molecule has 29 heavy (non-hydrogen) atoms. The van der Waals surface area contributed by atoms with Gasteiger partial charge in [0.25, 0.3) is 0 Å². The fourth-order valence-corrected chi connectivity index (χ4v) is 3.45. The molecule has 0 radical (unpaired) electrons. The Morgan fingerprint density at radius 3 is 2.76 bits per heavy atom. The van der Waals surface area contributed by atoms with Crippen LogP contribution >= 0.6 is 0 Å². The summed E-state index contributed by atoms with van der Waals surface area (Å²) in [5.74, 6) is 3.82. The summed E-state index contributed by atoms with van der Waals surface area (Å²) in [5.41, 5.74) is 14.4. The minimum absolute atomic E-state index is 0.130. The Kier molecular flexibility index (Phi) is 6.64. The van der Waals surface area contributed by atoms with Gasteiger partial charge in [-0.15, -0.1) is 0 Å². The zero-order valence-corrected chi connectivity index (χ0v) is 17.4. The number of hydrogen-bond donors (Lipinski definition) is 4. The van der Waals surface area contributed by atoms with Gasteiger partial charge in [0.2, 0.25) is 0 Å². The molecule has 0 saturated carbocycles. The van der Waals surface area contributed by atoms with Crippen molar-refractivity contribution >= 4 is 6.03 Å². The lowest BCUT2D eigenvalue weighted by molar-refractivity contribution is 0.139. The summed E-state index contributed by atoms with van der Waals surface area (Å²) < 4.78 is 0. The average molecular weight is 398 g/mol. The SMILES string of the molecule is CC1=CC=C(C#CN2CCN(C3=CC=CC(C(N)N(CN)C(C)C)N3)C2=O)CN1. The molecule has 2 amide bonds. The van der Waals surface area contributed by atoms with Gasteiger partial charge in [0.05, 0.1) is 18.8 Å². The lowest BCUT2D eigenvalue weighted by Gasteiger charge is -2.37. The number of amides is 2. The van der Waals surface area contributed by atoms with E-state index in [4.69, 9.17) is 11.5 Å². The van der Waals surface area contributed by atoms with Crippen LogP contribution in [0.1, 0.15) is 20.8 Å². The van der Waals surface area contributed by atoms with E-state index in [9.17, 15) is 4.79 Å². The number of dihydropyridines is 2. The predicted molar refractivity (Wildman–Crippen MR) is 115 cm³/mol. The first-order valence-corrected chi connectivity index (χ1v) is 9.99. The van der Waals surface area contributed by atoms with E-state index < -0.39 is 0 Å². The van der Waals surface area contributed by atoms with Crippen molar-refractivity contribution in [3.63, 3.8) is 0 Å². The fourth-order valence-electron chi connectivity index (χ4n) is 3.45. The Hall–Kier alpha value is -2.73. The molecule has 1 saturated heterocycles. The Balaban J connectivity index is 1.64. The molecule has 0 aliphatic carbocycles. The maximum Gasteiger partial charge on any atom is 0.337 e. The van der Waals surface area contributed by atoms with Gasteiger partial charge in [0.15, 0.2) is 0 Å². The summed E-state index contributed by atoms with van der Waals surface area (Å²) >= 11 is 0. The maximum absolute atomic E-state index is 12.8. The molecule has 0 bridgehead atoms. The third kappa shape index (κ3) is 4.82. The second-order valence-electron chi connectivity index (χ2n) is 7.61. The van der Waals surface area contributed by atoms with Crippen LogP contribution in [0.15, 0.2) is 47.5 Å². The van der Waals surface area contributed by atoms with Crippen LogP contribution in [0.25, 0.3) is 0 Å². The quantitative estimate of drug-likeness (QED) is 0.396. The van der Waals surface area contributed by atoms with Gasteiger partial charge in [0.1, 0.15) is 5.82 Å². The number of rotatable bonds is 5. The Bertz CT molecular complexity index is 815. The first kappa shape index (κ1) is 21.0. The van der Waals surface area contributed by atoms with E-state index in [-0.39, 0.29) is 24.3 Å². The summed E-state index contributed by atoms with van der Waals surface area (Å²) in [4.78, 5) is 18.1. The van der Waals surface area contributed by atoms with Gasteiger partial charge in [-0.3, -0.25) is 14.7 Å². The molecule has 0 aromatic heterocycles. The molecule has 6 N–H and O–H groups in total. The highest BCUT2D eigenvalue weighted by atomic mass is 16.2. The highest BCUT2D eigenvalue weighted by Crippen LogP contribution is 2.18. The number of allylic oxidation sites excluding steroid dienone is 5. The van der Waals surface area contributed by atoms with Crippen LogP contribution in [0.3, 0.4) is 0 Å². The Morgan fingerprint density at radius 1 is 1.31 bits per heavy atom. The van der Waals surface area contributed by atoms with Crippen LogP contribution in [0.2, 0.25) is 0 Å². The van der Waals surface area contributed by atoms with Gasteiger partial charge in [-0.1, -0.05) is 12.2 Å². The highest BCUT2D eigenvalue weighted by Gasteiger charge is 2.33. The standard InChI is InChI=1S/C21H31N7O/c1-15(2)28(14-22)20(23)18-5-4-6-19(25-18)27-12-11-26(21(27)29)10-9-17-8-7-16(3)24-13-17/h4-8,15,18,20,24-25H,11-14,22-23H2,1-3H3. The number of nitrogens with two attached hydrogens (primary N) is 2. The second kappa shape index (κ2) is 9.18. The van der Waals surface area contributed by atoms with Crippen molar-refractivity contribution < 1.29 is 4.79 Å². The van der Waals surface area contributed by atoms with Crippen molar-refractivity contribution in [2.75, 3.05) is 26.3 Å². The molecular weight excluding hydrogens is 366 g/mol. The molecule has 3 aliphatic heterocycles. The molecule has 156 valence electrons. The number of urea groups is 1. The molecule has 0 aromatic carbocycles. The molecule has 3 aliphatic rings. The number of carbonyl (C=O) groups is 1. The summed E-state index contributed by atoms with van der Waals surface area (Å²) in [6.07, 6.45) is 9.49. The third-order valence-corrected chi connectivity index (χ3v) is 5.26. The number of carbonyl (C=O) groups excluding carboxylic acids is 1. The summed E-state index contributed by atoms with van der Waals surface area (Å²) in [7, 11) is 0. The molecule has 0 spiro atoms. The minimum Gasteiger partial charge on any atom is -0.384 e. The molecule has 2 unspecified atom stereocenters. The van der Waals surface area contributed by atoms with Gasteiger partial charge in [-0.05, 0) is 44.9 Å². The molecule has 2 atom stereocenters. The first-order chi connectivity index (χ1) is 13.9. The van der Waals surface area contributed by atoms with Crippen LogP contribution < -0.4 is 22.1 Å². The molecule has 3 rings (SSSR count). The lowest BCUT2D eigenvalue weighted by Crippen LogP contribution is -2.59. The molecule has 8 nitrogen and oxygen atoms in total. The van der Waals surface area contributed by atoms with Crippen LogP contribution in [-0.2, 0) is 0 Å². The van der Waals surface area contributed by atoms with E-state index in [1.807, 2.05) is 42.2 Å². The normalized spacial score (nSPS) is 22.5. The highest BCUT2D eigenvalue weighted by molar-refractivity contribution is 5.80. The van der Waals surface area contributed by atoms with Crippen molar-refractivity contribution in [1.82, 2.24) is 25.3 Å². The van der Waals surface area contributed by atoms with E-state index in [0.29, 0.717) is 26.3 Å². The zero-order chi connectivity index (χ0) is 21.0. The summed E-state index contributed by atoms with van der Waals surface area (Å²) in [6, 6.07) is 2.95. The minimum atomic E-state index is -0.296. The average Bonchev–Trinajstić information content (AvgIpc) is 3.08. The van der Waals surface area contributed by atoms with Crippen LogP contribution in [0.4, 0.5) is 4.79 Å². The molecule has 3 heterocycles. The molecule has 0 aromatic rings. The largest absolute Gasteiger partial charge is 0.384 e. The van der Waals surface area contributed by atoms with Crippen molar-refractivity contribution in [2.45, 2.75) is 39.0 Å². The number of nitrogens with one attached hydrogen (secondary N) is 2. The van der Waals surface area contributed by atoms with Gasteiger partial charge in [0, 0.05) is 43.1 Å². The molecule has 1 fully saturated rings. The number of nitrogens with zero attached hydrogens (tertiary/aromatic N) is 3. The predicted octanol–water partition coefficient (Wildman–Crippen LogP) is 0.399. The lowest BCUT2D eigenvalue weighted by atomic mass is 10.1. The molecular formula is C21H31N7O. The van der Waals surface area contributed by atoms with Gasteiger partial charge < -0.3 is 22.1 Å². The smallest absolute Gasteiger partial charge is 0.337 e. The monoisotopic (exact) mass is 397 g/mol. The van der Waals surface area contributed by atoms with Crippen LogP contribution in [-0.4, -0.2) is 65.3 Å². The van der Waals surface area contributed by atoms with Crippen molar-refractivity contribution in [1.29, 1.82) is 0 Å². The number of hydrogen-bond acceptors (Lipinski definition) is 6.